The summed E-state index contributed by atoms with van der Waals surface area (Å²) >= 11 is 0. The van der Waals surface area contributed by atoms with Crippen LogP contribution in [0.2, 0.25) is 0 Å². The number of aryl methyl sites for hydroxylation is 1. The maximum atomic E-state index is 10.3. The highest BCUT2D eigenvalue weighted by Gasteiger charge is 1.98. The molecule has 0 aliphatic heterocycles. The van der Waals surface area contributed by atoms with Gasteiger partial charge in [-0.15, -0.1) is 0 Å². The normalized spacial score (nSPS) is 9.18. The van der Waals surface area contributed by atoms with Gasteiger partial charge in [0.1, 0.15) is 12.0 Å². The summed E-state index contributed by atoms with van der Waals surface area (Å²) < 4.78 is 0. The Morgan fingerprint density at radius 3 is 2.73 bits per heavy atom. The monoisotopic (exact) mass is 149 g/mol. The Kier molecular flexibility index (Phi) is 2.11. The van der Waals surface area contributed by atoms with Gasteiger partial charge >= 0.3 is 0 Å². The number of aldehydes is 1. The van der Waals surface area contributed by atoms with Crippen molar-refractivity contribution in [2.75, 3.05) is 0 Å². The zero-order valence-corrected chi connectivity index (χ0v) is 6.24. The average Bonchev–Trinajstić information content (AvgIpc) is 2.04. The van der Waals surface area contributed by atoms with Gasteiger partial charge in [-0.3, -0.25) is 4.79 Å². The van der Waals surface area contributed by atoms with Crippen molar-refractivity contribution < 1.29 is 10.3 Å². The van der Waals surface area contributed by atoms with E-state index in [9.17, 15) is 4.79 Å². The van der Waals surface area contributed by atoms with E-state index < -0.39 is 0 Å². The molecule has 11 heavy (non-hydrogen) atoms. The van der Waals surface area contributed by atoms with E-state index >= 15 is 0 Å². The Hall–Kier alpha value is -1.51. The molecule has 0 amide bonds. The molecule has 0 saturated carbocycles. The second-order valence-electron chi connectivity index (χ2n) is 2.29. The van der Waals surface area contributed by atoms with Gasteiger partial charge < -0.3 is 0 Å². The average molecular weight is 149 g/mol. The summed E-state index contributed by atoms with van der Waals surface area (Å²) in [6.07, 6.45) is 0.799. The lowest BCUT2D eigenvalue weighted by Gasteiger charge is -1.94. The molecule has 0 aromatic heterocycles. The SMILES string of the molecule is Cc1cc(C=O)ccc1N=[NH2+]. The van der Waals surface area contributed by atoms with Crippen LogP contribution in [-0.2, 0) is 0 Å². The molecule has 1 rings (SSSR count). The largest absolute Gasteiger partial charge is 0.298 e. The van der Waals surface area contributed by atoms with Crippen LogP contribution in [0.5, 0.6) is 0 Å². The number of nitrogens with two attached hydrogens (primary N) is 1. The van der Waals surface area contributed by atoms with Gasteiger partial charge in [-0.25, -0.2) is 0 Å². The minimum Gasteiger partial charge on any atom is -0.298 e. The predicted octanol–water partition coefficient (Wildman–Crippen LogP) is 0.650. The van der Waals surface area contributed by atoms with Crippen LogP contribution in [0.4, 0.5) is 5.69 Å². The fourth-order valence-electron chi connectivity index (χ4n) is 0.897. The zero-order chi connectivity index (χ0) is 8.27. The number of rotatable bonds is 2. The molecule has 0 heterocycles. The molecule has 0 aliphatic carbocycles. The molecular formula is C8H9N2O+. The topological polar surface area (TPSA) is 55.0 Å². The van der Waals surface area contributed by atoms with Gasteiger partial charge in [-0.1, -0.05) is 0 Å². The van der Waals surface area contributed by atoms with Gasteiger partial charge in [0.2, 0.25) is 0 Å². The molecule has 0 atom stereocenters. The Bertz CT molecular complexity index is 294. The Morgan fingerprint density at radius 1 is 1.55 bits per heavy atom. The Labute approximate surface area is 64.6 Å². The molecular weight excluding hydrogens is 140 g/mol. The number of benzene rings is 1. The molecule has 56 valence electrons. The molecule has 0 unspecified atom stereocenters. The molecule has 0 bridgehead atoms. The molecule has 1 aromatic rings. The first-order valence-corrected chi connectivity index (χ1v) is 3.24. The zero-order valence-electron chi connectivity index (χ0n) is 6.24. The minimum absolute atomic E-state index is 0.648. The van der Waals surface area contributed by atoms with E-state index in [4.69, 9.17) is 5.53 Å². The maximum absolute atomic E-state index is 10.3. The molecule has 1 aromatic carbocycles. The van der Waals surface area contributed by atoms with E-state index in [0.29, 0.717) is 5.56 Å². The molecule has 0 saturated heterocycles. The van der Waals surface area contributed by atoms with Crippen LogP contribution >= 0.6 is 0 Å². The third-order valence-corrected chi connectivity index (χ3v) is 1.50. The number of hydrogen-bond donors (Lipinski definition) is 1. The third kappa shape index (κ3) is 1.49. The highest BCUT2D eigenvalue weighted by atomic mass is 16.1. The standard InChI is InChI=1S/C8H8N2O/c1-6-4-7(5-11)2-3-8(6)10-9/h2-5,9H,1H3/p+1. The number of carbonyl (C=O) groups excluding carboxylic acids is 1. The van der Waals surface area contributed by atoms with Crippen LogP contribution in [0.1, 0.15) is 15.9 Å². The lowest BCUT2D eigenvalue weighted by molar-refractivity contribution is -0.210. The second-order valence-corrected chi connectivity index (χ2v) is 2.29. The van der Waals surface area contributed by atoms with Gasteiger partial charge in [-0.2, -0.15) is 5.53 Å². The van der Waals surface area contributed by atoms with E-state index in [0.717, 1.165) is 17.5 Å². The van der Waals surface area contributed by atoms with Crippen LogP contribution in [0.15, 0.2) is 23.3 Å². The number of carbonyl (C=O) groups is 1. The van der Waals surface area contributed by atoms with Crippen LogP contribution in [0, 0.1) is 6.92 Å². The first-order chi connectivity index (χ1) is 5.27. The number of hydrogen-bond acceptors (Lipinski definition) is 2. The van der Waals surface area contributed by atoms with E-state index in [-0.39, 0.29) is 0 Å². The maximum Gasteiger partial charge on any atom is 0.150 e. The highest BCUT2D eigenvalue weighted by molar-refractivity contribution is 5.76. The summed E-state index contributed by atoms with van der Waals surface area (Å²) in [6, 6.07) is 5.16. The van der Waals surface area contributed by atoms with Crippen LogP contribution in [0.3, 0.4) is 0 Å². The van der Waals surface area contributed by atoms with Gasteiger partial charge in [0.05, 0.1) is 0 Å². The Morgan fingerprint density at radius 2 is 2.27 bits per heavy atom. The van der Waals surface area contributed by atoms with Gasteiger partial charge in [0, 0.05) is 5.56 Å². The molecule has 3 nitrogen and oxygen atoms in total. The van der Waals surface area contributed by atoms with Crippen LogP contribution in [-0.4, -0.2) is 6.29 Å². The molecule has 0 radical (unpaired) electrons. The van der Waals surface area contributed by atoms with Crippen LogP contribution in [0.25, 0.3) is 0 Å². The lowest BCUT2D eigenvalue weighted by Crippen LogP contribution is -2.22. The fourth-order valence-corrected chi connectivity index (χ4v) is 0.897. The van der Waals surface area contributed by atoms with Crippen molar-refractivity contribution in [3.8, 4) is 0 Å². The summed E-state index contributed by atoms with van der Waals surface area (Å²) in [5, 5.41) is 3.53. The van der Waals surface area contributed by atoms with E-state index in [1.807, 2.05) is 6.92 Å². The van der Waals surface area contributed by atoms with Crippen molar-refractivity contribution in [3.63, 3.8) is 0 Å². The van der Waals surface area contributed by atoms with Crippen molar-refractivity contribution in [1.82, 2.24) is 0 Å². The quantitative estimate of drug-likeness (QED) is 0.487. The first kappa shape index (κ1) is 7.60. The van der Waals surface area contributed by atoms with Gasteiger partial charge in [0.25, 0.3) is 0 Å². The van der Waals surface area contributed by atoms with Crippen molar-refractivity contribution >= 4 is 12.0 Å². The van der Waals surface area contributed by atoms with E-state index in [1.165, 1.54) is 0 Å². The predicted molar refractivity (Wildman–Crippen MR) is 40.6 cm³/mol. The van der Waals surface area contributed by atoms with Gasteiger partial charge in [0.15, 0.2) is 0 Å². The third-order valence-electron chi connectivity index (χ3n) is 1.50. The molecule has 0 spiro atoms. The minimum atomic E-state index is 0.648. The smallest absolute Gasteiger partial charge is 0.150 e. The first-order valence-electron chi connectivity index (χ1n) is 3.24. The second kappa shape index (κ2) is 3.05. The van der Waals surface area contributed by atoms with E-state index in [1.54, 1.807) is 18.2 Å². The summed E-state index contributed by atoms with van der Waals surface area (Å²) in [7, 11) is 0. The van der Waals surface area contributed by atoms with Crippen molar-refractivity contribution in [2.24, 2.45) is 5.11 Å². The summed E-state index contributed by atoms with van der Waals surface area (Å²) in [5.74, 6) is 0. The lowest BCUT2D eigenvalue weighted by atomic mass is 10.1. The summed E-state index contributed by atoms with van der Waals surface area (Å²) in [5.41, 5.74) is 7.36. The summed E-state index contributed by atoms with van der Waals surface area (Å²) in [4.78, 5) is 10.3. The molecule has 0 fully saturated rings. The fraction of sp³-hybridized carbons (Fsp3) is 0.125. The molecule has 2 N–H and O–H groups in total. The highest BCUT2D eigenvalue weighted by Crippen LogP contribution is 2.16. The van der Waals surface area contributed by atoms with Crippen molar-refractivity contribution in [3.05, 3.63) is 29.3 Å². The molecule has 0 aliphatic rings. The molecule has 3 heteroatoms. The van der Waals surface area contributed by atoms with Crippen molar-refractivity contribution in [2.45, 2.75) is 6.92 Å². The van der Waals surface area contributed by atoms with Gasteiger partial charge in [-0.05, 0) is 35.8 Å². The Balaban J connectivity index is 3.18. The summed E-state index contributed by atoms with van der Waals surface area (Å²) in [6.45, 7) is 1.86. The number of nitrogens with zero attached hydrogens (tertiary/aromatic N) is 1. The van der Waals surface area contributed by atoms with E-state index in [2.05, 4.69) is 5.11 Å². The van der Waals surface area contributed by atoms with Crippen molar-refractivity contribution in [1.29, 1.82) is 0 Å². The van der Waals surface area contributed by atoms with Crippen LogP contribution < -0.4 is 5.53 Å².